The van der Waals surface area contributed by atoms with Crippen molar-refractivity contribution in [3.05, 3.63) is 69.8 Å². The van der Waals surface area contributed by atoms with Crippen LogP contribution in [0.2, 0.25) is 0 Å². The van der Waals surface area contributed by atoms with Crippen molar-refractivity contribution >= 4 is 39.3 Å². The van der Waals surface area contributed by atoms with Crippen molar-refractivity contribution in [3.8, 4) is 0 Å². The lowest BCUT2D eigenvalue weighted by Crippen LogP contribution is -2.13. The Bertz CT molecular complexity index is 1280. The number of hydrogen-bond acceptors (Lipinski definition) is 5. The van der Waals surface area contributed by atoms with Crippen LogP contribution in [0.3, 0.4) is 0 Å². The van der Waals surface area contributed by atoms with Crippen LogP contribution in [-0.4, -0.2) is 25.6 Å². The van der Waals surface area contributed by atoms with Gasteiger partial charge in [0.15, 0.2) is 11.5 Å². The maximum atomic E-state index is 12.8. The molecule has 0 atom stereocenters. The first kappa shape index (κ1) is 19.5. The number of nitrogens with zero attached hydrogens (tertiary/aromatic N) is 4. The lowest BCUT2D eigenvalue weighted by Gasteiger charge is -2.04. The Morgan fingerprint density at radius 1 is 1.20 bits per heavy atom. The van der Waals surface area contributed by atoms with E-state index in [1.807, 2.05) is 35.9 Å². The average Bonchev–Trinajstić information content (AvgIpc) is 3.07. The van der Waals surface area contributed by atoms with Crippen molar-refractivity contribution < 1.29 is 9.72 Å². The molecule has 0 bridgehead atoms. The van der Waals surface area contributed by atoms with Gasteiger partial charge in [0.05, 0.1) is 15.8 Å². The largest absolute Gasteiger partial charge is 0.304 e. The number of anilines is 1. The van der Waals surface area contributed by atoms with Gasteiger partial charge in [-0.1, -0.05) is 37.6 Å². The summed E-state index contributed by atoms with van der Waals surface area (Å²) >= 11 is 0. The molecule has 2 heterocycles. The molecular formula is C22H21N5O3. The Labute approximate surface area is 172 Å². The first-order valence-electron chi connectivity index (χ1n) is 9.80. The van der Waals surface area contributed by atoms with Crippen molar-refractivity contribution in [2.45, 2.75) is 33.2 Å². The third kappa shape index (κ3) is 3.59. The number of nitrogens with one attached hydrogen (secondary N) is 1. The number of non-ortho nitro benzene ring substituents is 1. The first-order valence-corrected chi connectivity index (χ1v) is 9.80. The predicted octanol–water partition coefficient (Wildman–Crippen LogP) is 4.85. The predicted molar refractivity (Wildman–Crippen MR) is 116 cm³/mol. The van der Waals surface area contributed by atoms with Crippen LogP contribution in [0.25, 0.3) is 21.9 Å². The van der Waals surface area contributed by atoms with Crippen molar-refractivity contribution in [1.29, 1.82) is 0 Å². The molecule has 1 N–H and O–H groups in total. The van der Waals surface area contributed by atoms with Gasteiger partial charge in [-0.05, 0) is 31.0 Å². The minimum absolute atomic E-state index is 0.135. The smallest absolute Gasteiger partial charge is 0.270 e. The van der Waals surface area contributed by atoms with Crippen LogP contribution in [0, 0.1) is 17.0 Å². The molecule has 30 heavy (non-hydrogen) atoms. The fourth-order valence-electron chi connectivity index (χ4n) is 3.43. The topological polar surface area (TPSA) is 103 Å². The number of aryl methyl sites for hydroxylation is 2. The number of benzene rings is 2. The van der Waals surface area contributed by atoms with Crippen molar-refractivity contribution in [3.63, 3.8) is 0 Å². The summed E-state index contributed by atoms with van der Waals surface area (Å²) in [7, 11) is 0. The monoisotopic (exact) mass is 403 g/mol. The molecule has 0 aliphatic heterocycles. The summed E-state index contributed by atoms with van der Waals surface area (Å²) in [5.41, 5.74) is 2.74. The first-order chi connectivity index (χ1) is 14.5. The molecule has 0 spiro atoms. The molecule has 0 saturated carbocycles. The molecule has 0 radical (unpaired) electrons. The molecule has 0 aliphatic carbocycles. The standard InChI is InChI=1S/C22H21N5O3/c1-3-4-11-26-21-18(13-15-8-5-7-14(2)19(15)23-21)20(25-26)24-22(28)16-9-6-10-17(12-16)27(29)30/h5-10,12-13H,3-4,11H2,1-2H3,(H,24,25,28). The zero-order valence-corrected chi connectivity index (χ0v) is 16.8. The van der Waals surface area contributed by atoms with E-state index in [9.17, 15) is 14.9 Å². The Morgan fingerprint density at radius 2 is 2.00 bits per heavy atom. The number of rotatable bonds is 6. The molecule has 0 aliphatic rings. The quantitative estimate of drug-likeness (QED) is 0.366. The van der Waals surface area contributed by atoms with Gasteiger partial charge in [0.1, 0.15) is 0 Å². The summed E-state index contributed by atoms with van der Waals surface area (Å²) in [6, 6.07) is 13.6. The van der Waals surface area contributed by atoms with Gasteiger partial charge in [0.25, 0.3) is 11.6 Å². The zero-order valence-electron chi connectivity index (χ0n) is 16.8. The highest BCUT2D eigenvalue weighted by Crippen LogP contribution is 2.28. The number of amides is 1. The van der Waals surface area contributed by atoms with E-state index < -0.39 is 10.8 Å². The van der Waals surface area contributed by atoms with Crippen LogP contribution in [0.1, 0.15) is 35.7 Å². The van der Waals surface area contributed by atoms with Gasteiger partial charge < -0.3 is 5.32 Å². The van der Waals surface area contributed by atoms with Gasteiger partial charge >= 0.3 is 0 Å². The third-order valence-electron chi connectivity index (χ3n) is 5.02. The number of aromatic nitrogens is 3. The van der Waals surface area contributed by atoms with Crippen molar-refractivity contribution in [2.75, 3.05) is 5.32 Å². The van der Waals surface area contributed by atoms with Crippen LogP contribution in [-0.2, 0) is 6.54 Å². The number of unbranched alkanes of at least 4 members (excludes halogenated alkanes) is 1. The molecule has 2 aromatic heterocycles. The zero-order chi connectivity index (χ0) is 21.3. The fourth-order valence-corrected chi connectivity index (χ4v) is 3.43. The number of nitro groups is 1. The Balaban J connectivity index is 1.78. The minimum Gasteiger partial charge on any atom is -0.304 e. The third-order valence-corrected chi connectivity index (χ3v) is 5.02. The van der Waals surface area contributed by atoms with Crippen molar-refractivity contribution in [2.24, 2.45) is 0 Å². The van der Waals surface area contributed by atoms with E-state index in [0.717, 1.165) is 34.7 Å². The summed E-state index contributed by atoms with van der Waals surface area (Å²) in [6.45, 7) is 4.80. The molecule has 4 rings (SSSR count). The summed E-state index contributed by atoms with van der Waals surface area (Å²) in [5, 5.41) is 20.1. The maximum Gasteiger partial charge on any atom is 0.270 e. The van der Waals surface area contributed by atoms with Gasteiger partial charge in [0.2, 0.25) is 0 Å². The van der Waals surface area contributed by atoms with Gasteiger partial charge in [-0.25, -0.2) is 9.67 Å². The molecule has 2 aromatic carbocycles. The minimum atomic E-state index is -0.524. The van der Waals surface area contributed by atoms with E-state index in [-0.39, 0.29) is 11.3 Å². The fraction of sp³-hybridized carbons (Fsp3) is 0.227. The number of nitro benzene ring substituents is 1. The molecule has 152 valence electrons. The normalized spacial score (nSPS) is 11.1. The van der Waals surface area contributed by atoms with Gasteiger partial charge in [-0.15, -0.1) is 0 Å². The molecule has 4 aromatic rings. The number of carbonyl (C=O) groups excluding carboxylic acids is 1. The summed E-state index contributed by atoms with van der Waals surface area (Å²) in [6.07, 6.45) is 1.94. The highest BCUT2D eigenvalue weighted by molar-refractivity contribution is 6.09. The Hall–Kier alpha value is -3.81. The SMILES string of the molecule is CCCCn1nc(NC(=O)c2cccc([N+](=O)[O-])c2)c2cc3cccc(C)c3nc21. The molecule has 0 unspecified atom stereocenters. The summed E-state index contributed by atoms with van der Waals surface area (Å²) in [5.74, 6) is -0.0569. The number of para-hydroxylation sites is 1. The van der Waals surface area contributed by atoms with Gasteiger partial charge in [-0.2, -0.15) is 5.10 Å². The van der Waals surface area contributed by atoms with Crippen LogP contribution in [0.5, 0.6) is 0 Å². The van der Waals surface area contributed by atoms with E-state index in [4.69, 9.17) is 4.98 Å². The summed E-state index contributed by atoms with van der Waals surface area (Å²) < 4.78 is 1.81. The lowest BCUT2D eigenvalue weighted by atomic mass is 10.1. The van der Waals surface area contributed by atoms with E-state index in [0.29, 0.717) is 18.0 Å². The van der Waals surface area contributed by atoms with Crippen molar-refractivity contribution in [1.82, 2.24) is 14.8 Å². The number of carbonyl (C=O) groups is 1. The number of pyridine rings is 1. The van der Waals surface area contributed by atoms with Crippen LogP contribution in [0.4, 0.5) is 11.5 Å². The van der Waals surface area contributed by atoms with E-state index in [1.54, 1.807) is 0 Å². The molecule has 8 nitrogen and oxygen atoms in total. The molecule has 8 heteroatoms. The van der Waals surface area contributed by atoms with E-state index in [2.05, 4.69) is 17.3 Å². The van der Waals surface area contributed by atoms with Crippen LogP contribution >= 0.6 is 0 Å². The average molecular weight is 403 g/mol. The van der Waals surface area contributed by atoms with Gasteiger partial charge in [-0.3, -0.25) is 14.9 Å². The number of fused-ring (bicyclic) bond motifs is 2. The molecular weight excluding hydrogens is 382 g/mol. The molecule has 0 saturated heterocycles. The maximum absolute atomic E-state index is 12.8. The Kier molecular flexibility index (Phi) is 5.14. The second kappa shape index (κ2) is 7.90. The lowest BCUT2D eigenvalue weighted by molar-refractivity contribution is -0.384. The highest BCUT2D eigenvalue weighted by Gasteiger charge is 2.18. The molecule has 1 amide bonds. The molecule has 0 fully saturated rings. The Morgan fingerprint density at radius 3 is 2.77 bits per heavy atom. The van der Waals surface area contributed by atoms with Crippen LogP contribution < -0.4 is 5.32 Å². The second-order valence-electron chi connectivity index (χ2n) is 7.19. The number of hydrogen-bond donors (Lipinski definition) is 1. The van der Waals surface area contributed by atoms with Gasteiger partial charge in [0, 0.05) is 29.6 Å². The van der Waals surface area contributed by atoms with Crippen LogP contribution in [0.15, 0.2) is 48.5 Å². The van der Waals surface area contributed by atoms with E-state index >= 15 is 0 Å². The highest BCUT2D eigenvalue weighted by atomic mass is 16.6. The second-order valence-corrected chi connectivity index (χ2v) is 7.19. The summed E-state index contributed by atoms with van der Waals surface area (Å²) in [4.78, 5) is 28.1. The van der Waals surface area contributed by atoms with E-state index in [1.165, 1.54) is 24.3 Å².